The SMILES string of the molecule is CCN(CC(C)(C)O)S(=O)(=O)Cc1cccc(CN)c1. The number of likely N-dealkylation sites (N-methyl/N-ethyl adjacent to an activating group) is 1. The predicted octanol–water partition coefficient (Wildman–Crippen LogP) is 1.07. The maximum absolute atomic E-state index is 12.4. The second-order valence-electron chi connectivity index (χ2n) is 5.52. The maximum Gasteiger partial charge on any atom is 0.218 e. The number of hydrogen-bond donors (Lipinski definition) is 2. The topological polar surface area (TPSA) is 83.6 Å². The van der Waals surface area contributed by atoms with E-state index in [0.29, 0.717) is 18.7 Å². The summed E-state index contributed by atoms with van der Waals surface area (Å²) in [7, 11) is -3.45. The zero-order valence-electron chi connectivity index (χ0n) is 12.3. The van der Waals surface area contributed by atoms with Gasteiger partial charge in [-0.1, -0.05) is 31.2 Å². The fourth-order valence-corrected chi connectivity index (χ4v) is 3.68. The van der Waals surface area contributed by atoms with E-state index >= 15 is 0 Å². The first-order chi connectivity index (χ1) is 9.18. The highest BCUT2D eigenvalue weighted by molar-refractivity contribution is 7.88. The first-order valence-corrected chi connectivity index (χ1v) is 8.27. The van der Waals surface area contributed by atoms with E-state index in [2.05, 4.69) is 0 Å². The summed E-state index contributed by atoms with van der Waals surface area (Å²) in [6, 6.07) is 7.24. The van der Waals surface area contributed by atoms with Crippen molar-refractivity contribution in [3.8, 4) is 0 Å². The van der Waals surface area contributed by atoms with Crippen molar-refractivity contribution in [1.29, 1.82) is 0 Å². The average molecular weight is 300 g/mol. The summed E-state index contributed by atoms with van der Waals surface area (Å²) in [4.78, 5) is 0. The van der Waals surface area contributed by atoms with Gasteiger partial charge in [-0.15, -0.1) is 0 Å². The number of benzene rings is 1. The highest BCUT2D eigenvalue weighted by Gasteiger charge is 2.26. The standard InChI is InChI=1S/C14H24N2O3S/c1-4-16(11-14(2,3)17)20(18,19)10-13-7-5-6-12(8-13)9-15/h5-8,17H,4,9-11,15H2,1-3H3. The van der Waals surface area contributed by atoms with Crippen molar-refractivity contribution in [1.82, 2.24) is 4.31 Å². The van der Waals surface area contributed by atoms with E-state index in [0.717, 1.165) is 5.56 Å². The largest absolute Gasteiger partial charge is 0.389 e. The number of rotatable bonds is 7. The second-order valence-corrected chi connectivity index (χ2v) is 7.49. The molecule has 0 aromatic heterocycles. The Kier molecular flexibility index (Phi) is 5.70. The normalized spacial score (nSPS) is 12.9. The van der Waals surface area contributed by atoms with E-state index in [1.54, 1.807) is 39.0 Å². The molecule has 20 heavy (non-hydrogen) atoms. The lowest BCUT2D eigenvalue weighted by Gasteiger charge is -2.27. The number of nitrogens with two attached hydrogens (primary N) is 1. The van der Waals surface area contributed by atoms with E-state index in [1.165, 1.54) is 4.31 Å². The monoisotopic (exact) mass is 300 g/mol. The van der Waals surface area contributed by atoms with Gasteiger partial charge in [0.05, 0.1) is 11.4 Å². The van der Waals surface area contributed by atoms with E-state index in [4.69, 9.17) is 5.73 Å². The quantitative estimate of drug-likeness (QED) is 0.789. The Bertz CT molecular complexity index is 536. The van der Waals surface area contributed by atoms with Gasteiger partial charge in [-0.3, -0.25) is 0 Å². The van der Waals surface area contributed by atoms with Gasteiger partial charge in [-0.25, -0.2) is 8.42 Å². The van der Waals surface area contributed by atoms with Crippen LogP contribution < -0.4 is 5.73 Å². The molecule has 0 amide bonds. The molecule has 0 aliphatic rings. The van der Waals surface area contributed by atoms with Gasteiger partial charge in [-0.2, -0.15) is 4.31 Å². The van der Waals surface area contributed by atoms with E-state index in [9.17, 15) is 13.5 Å². The van der Waals surface area contributed by atoms with Crippen molar-refractivity contribution in [3.05, 3.63) is 35.4 Å². The molecule has 0 saturated heterocycles. The van der Waals surface area contributed by atoms with Crippen molar-refractivity contribution < 1.29 is 13.5 Å². The number of sulfonamides is 1. The minimum atomic E-state index is -3.45. The van der Waals surface area contributed by atoms with Gasteiger partial charge in [0, 0.05) is 19.6 Å². The number of aliphatic hydroxyl groups is 1. The molecule has 0 spiro atoms. The van der Waals surface area contributed by atoms with Crippen LogP contribution in [0.4, 0.5) is 0 Å². The van der Waals surface area contributed by atoms with Crippen LogP contribution in [0.1, 0.15) is 31.9 Å². The summed E-state index contributed by atoms with van der Waals surface area (Å²) in [6.07, 6.45) is 0. The summed E-state index contributed by atoms with van der Waals surface area (Å²) >= 11 is 0. The maximum atomic E-state index is 12.4. The molecule has 1 aromatic carbocycles. The molecule has 0 fully saturated rings. The number of nitrogens with zero attached hydrogens (tertiary/aromatic N) is 1. The van der Waals surface area contributed by atoms with Gasteiger partial charge in [0.15, 0.2) is 0 Å². The van der Waals surface area contributed by atoms with Crippen molar-refractivity contribution >= 4 is 10.0 Å². The van der Waals surface area contributed by atoms with Gasteiger partial charge in [0.2, 0.25) is 10.0 Å². The molecule has 5 nitrogen and oxygen atoms in total. The second kappa shape index (κ2) is 6.67. The van der Waals surface area contributed by atoms with Crippen LogP contribution in [0, 0.1) is 0 Å². The Labute approximate surface area is 121 Å². The summed E-state index contributed by atoms with van der Waals surface area (Å²) in [5, 5.41) is 9.81. The zero-order chi connectivity index (χ0) is 15.4. The number of hydrogen-bond acceptors (Lipinski definition) is 4. The molecular formula is C14H24N2O3S. The smallest absolute Gasteiger partial charge is 0.218 e. The average Bonchev–Trinajstić information content (AvgIpc) is 2.34. The molecule has 0 atom stereocenters. The molecule has 1 rings (SSSR count). The first kappa shape index (κ1) is 17.1. The molecule has 0 unspecified atom stereocenters. The van der Waals surface area contributed by atoms with Crippen LogP contribution in [-0.4, -0.2) is 36.5 Å². The van der Waals surface area contributed by atoms with Gasteiger partial charge in [-0.05, 0) is 25.0 Å². The fourth-order valence-electron chi connectivity index (χ4n) is 1.99. The molecule has 0 bridgehead atoms. The molecule has 0 saturated carbocycles. The Balaban J connectivity index is 2.91. The van der Waals surface area contributed by atoms with Crippen LogP contribution in [0.2, 0.25) is 0 Å². The van der Waals surface area contributed by atoms with Gasteiger partial charge < -0.3 is 10.8 Å². The van der Waals surface area contributed by atoms with E-state index < -0.39 is 15.6 Å². The van der Waals surface area contributed by atoms with Crippen molar-refractivity contribution in [2.24, 2.45) is 5.73 Å². The van der Waals surface area contributed by atoms with Crippen LogP contribution in [0.25, 0.3) is 0 Å². The summed E-state index contributed by atoms with van der Waals surface area (Å²) in [5.74, 6) is -0.0786. The fraction of sp³-hybridized carbons (Fsp3) is 0.571. The summed E-state index contributed by atoms with van der Waals surface area (Å²) in [6.45, 7) is 5.76. The molecule has 3 N–H and O–H groups in total. The van der Waals surface area contributed by atoms with Crippen molar-refractivity contribution in [2.45, 2.75) is 38.7 Å². The molecule has 0 aliphatic carbocycles. The highest BCUT2D eigenvalue weighted by atomic mass is 32.2. The third kappa shape index (κ3) is 5.20. The van der Waals surface area contributed by atoms with Crippen LogP contribution in [0.15, 0.2) is 24.3 Å². The van der Waals surface area contributed by atoms with Crippen molar-refractivity contribution in [3.63, 3.8) is 0 Å². The molecule has 0 heterocycles. The van der Waals surface area contributed by atoms with E-state index in [1.807, 2.05) is 6.07 Å². The Morgan fingerprint density at radius 2 is 1.90 bits per heavy atom. The molecule has 0 aliphatic heterocycles. The van der Waals surface area contributed by atoms with E-state index in [-0.39, 0.29) is 12.3 Å². The first-order valence-electron chi connectivity index (χ1n) is 6.66. The van der Waals surface area contributed by atoms with Crippen LogP contribution in [-0.2, 0) is 22.3 Å². The van der Waals surface area contributed by atoms with Crippen LogP contribution >= 0.6 is 0 Å². The lowest BCUT2D eigenvalue weighted by molar-refractivity contribution is 0.0601. The zero-order valence-corrected chi connectivity index (χ0v) is 13.2. The minimum absolute atomic E-state index is 0.0786. The van der Waals surface area contributed by atoms with Crippen LogP contribution in [0.5, 0.6) is 0 Å². The van der Waals surface area contributed by atoms with Gasteiger partial charge >= 0.3 is 0 Å². The lowest BCUT2D eigenvalue weighted by atomic mass is 10.1. The highest BCUT2D eigenvalue weighted by Crippen LogP contribution is 2.15. The minimum Gasteiger partial charge on any atom is -0.389 e. The summed E-state index contributed by atoms with van der Waals surface area (Å²) in [5.41, 5.74) is 6.12. The van der Waals surface area contributed by atoms with Gasteiger partial charge in [0.1, 0.15) is 0 Å². The van der Waals surface area contributed by atoms with Crippen molar-refractivity contribution in [2.75, 3.05) is 13.1 Å². The van der Waals surface area contributed by atoms with Gasteiger partial charge in [0.25, 0.3) is 0 Å². The van der Waals surface area contributed by atoms with Crippen LogP contribution in [0.3, 0.4) is 0 Å². The molecule has 1 aromatic rings. The Morgan fingerprint density at radius 1 is 1.30 bits per heavy atom. The summed E-state index contributed by atoms with van der Waals surface area (Å²) < 4.78 is 26.1. The Morgan fingerprint density at radius 3 is 2.40 bits per heavy atom. The third-order valence-electron chi connectivity index (χ3n) is 2.89. The third-order valence-corrected chi connectivity index (χ3v) is 4.76. The molecule has 6 heteroatoms. The Hall–Kier alpha value is -0.950. The molecular weight excluding hydrogens is 276 g/mol. The molecule has 114 valence electrons. The molecule has 0 radical (unpaired) electrons. The predicted molar refractivity (Wildman–Crippen MR) is 80.5 cm³/mol. The lowest BCUT2D eigenvalue weighted by Crippen LogP contribution is -2.42.